The molecule has 0 aliphatic heterocycles. The van der Waals surface area contributed by atoms with E-state index in [9.17, 15) is 13.2 Å². The van der Waals surface area contributed by atoms with Gasteiger partial charge in [0.25, 0.3) is 0 Å². The molecule has 7 heteroatoms. The summed E-state index contributed by atoms with van der Waals surface area (Å²) in [4.78, 5) is 7.88. The molecule has 0 unspecified atom stereocenters. The second kappa shape index (κ2) is 6.99. The van der Waals surface area contributed by atoms with E-state index < -0.39 is 17.5 Å². The fraction of sp³-hybridized carbons (Fsp3) is 0.0588. The molecule has 4 nitrogen and oxygen atoms in total. The molecule has 0 spiro atoms. The number of nitrogens with zero attached hydrogens (tertiary/aromatic N) is 2. The van der Waals surface area contributed by atoms with Gasteiger partial charge in [-0.3, -0.25) is 0 Å². The van der Waals surface area contributed by atoms with Gasteiger partial charge in [-0.15, -0.1) is 0 Å². The lowest BCUT2D eigenvalue weighted by molar-refractivity contribution is 0.427. The Balaban J connectivity index is 1.70. The summed E-state index contributed by atoms with van der Waals surface area (Å²) >= 11 is 0. The Labute approximate surface area is 136 Å². The van der Waals surface area contributed by atoms with Crippen LogP contribution in [0.15, 0.2) is 54.9 Å². The minimum Gasteiger partial charge on any atom is -0.436 e. The molecule has 1 aromatic heterocycles. The van der Waals surface area contributed by atoms with E-state index in [2.05, 4.69) is 15.3 Å². The lowest BCUT2D eigenvalue weighted by Crippen LogP contribution is -2.03. The molecule has 0 saturated heterocycles. The Bertz CT molecular complexity index is 838. The van der Waals surface area contributed by atoms with Gasteiger partial charge in [0.1, 0.15) is 23.8 Å². The summed E-state index contributed by atoms with van der Waals surface area (Å²) < 4.78 is 45.2. The molecule has 1 heterocycles. The molecule has 0 saturated carbocycles. The highest BCUT2D eigenvalue weighted by atomic mass is 19.1. The number of anilines is 1. The van der Waals surface area contributed by atoms with Crippen molar-refractivity contribution in [2.75, 3.05) is 5.32 Å². The van der Waals surface area contributed by atoms with Crippen molar-refractivity contribution in [2.45, 2.75) is 6.54 Å². The molecule has 0 fully saturated rings. The maximum Gasteiger partial charge on any atom is 0.224 e. The van der Waals surface area contributed by atoms with Gasteiger partial charge in [0.05, 0.1) is 0 Å². The molecule has 122 valence electrons. The van der Waals surface area contributed by atoms with Crippen LogP contribution < -0.4 is 10.1 Å². The number of benzene rings is 2. The van der Waals surface area contributed by atoms with Crippen molar-refractivity contribution < 1.29 is 17.9 Å². The number of rotatable bonds is 5. The van der Waals surface area contributed by atoms with E-state index >= 15 is 0 Å². The second-order valence-corrected chi connectivity index (χ2v) is 4.91. The predicted molar refractivity (Wildman–Crippen MR) is 82.2 cm³/mol. The van der Waals surface area contributed by atoms with Crippen LogP contribution in [0.2, 0.25) is 0 Å². The minimum atomic E-state index is -0.655. The quantitative estimate of drug-likeness (QED) is 0.757. The number of para-hydroxylation sites is 1. The minimum absolute atomic E-state index is 0.0364. The maximum absolute atomic E-state index is 13.6. The van der Waals surface area contributed by atoms with Crippen molar-refractivity contribution in [1.82, 2.24) is 9.97 Å². The summed E-state index contributed by atoms with van der Waals surface area (Å²) in [6.45, 7) is 0.158. The highest BCUT2D eigenvalue weighted by molar-refractivity contribution is 5.40. The SMILES string of the molecule is Fc1cc(F)cc(CNc2cc(Oc3ccccc3F)ncn2)c1. The van der Waals surface area contributed by atoms with Crippen LogP contribution in [0.25, 0.3) is 0 Å². The Morgan fingerprint density at radius 1 is 0.917 bits per heavy atom. The van der Waals surface area contributed by atoms with Gasteiger partial charge in [0.15, 0.2) is 11.6 Å². The Morgan fingerprint density at radius 3 is 2.42 bits per heavy atom. The van der Waals surface area contributed by atoms with E-state index in [1.165, 1.54) is 36.7 Å². The smallest absolute Gasteiger partial charge is 0.224 e. The summed E-state index contributed by atoms with van der Waals surface area (Å²) in [6, 6.07) is 10.6. The molecular weight excluding hydrogens is 319 g/mol. The van der Waals surface area contributed by atoms with E-state index in [1.54, 1.807) is 12.1 Å². The van der Waals surface area contributed by atoms with Crippen LogP contribution in [0, 0.1) is 17.5 Å². The van der Waals surface area contributed by atoms with Gasteiger partial charge in [-0.25, -0.2) is 23.1 Å². The van der Waals surface area contributed by atoms with E-state index in [0.29, 0.717) is 11.4 Å². The van der Waals surface area contributed by atoms with Gasteiger partial charge < -0.3 is 10.1 Å². The molecule has 0 aliphatic rings. The monoisotopic (exact) mass is 331 g/mol. The second-order valence-electron chi connectivity index (χ2n) is 4.91. The van der Waals surface area contributed by atoms with E-state index in [0.717, 1.165) is 6.07 Å². The van der Waals surface area contributed by atoms with Crippen molar-refractivity contribution in [1.29, 1.82) is 0 Å². The number of nitrogens with one attached hydrogen (secondary N) is 1. The zero-order valence-corrected chi connectivity index (χ0v) is 12.3. The molecule has 3 aromatic rings. The van der Waals surface area contributed by atoms with Crippen molar-refractivity contribution in [2.24, 2.45) is 0 Å². The van der Waals surface area contributed by atoms with E-state index in [1.807, 2.05) is 0 Å². The van der Waals surface area contributed by atoms with Crippen LogP contribution in [0.5, 0.6) is 11.6 Å². The van der Waals surface area contributed by atoms with Crippen LogP contribution >= 0.6 is 0 Å². The lowest BCUT2D eigenvalue weighted by Gasteiger charge is -2.09. The molecular formula is C17H12F3N3O. The fourth-order valence-corrected chi connectivity index (χ4v) is 2.04. The molecule has 0 amide bonds. The van der Waals surface area contributed by atoms with Crippen molar-refractivity contribution >= 4 is 5.82 Å². The summed E-state index contributed by atoms with van der Waals surface area (Å²) in [6.07, 6.45) is 1.24. The zero-order chi connectivity index (χ0) is 16.9. The maximum atomic E-state index is 13.6. The van der Waals surface area contributed by atoms with E-state index in [-0.39, 0.29) is 18.2 Å². The Hall–Kier alpha value is -3.09. The third-order valence-corrected chi connectivity index (χ3v) is 3.09. The van der Waals surface area contributed by atoms with Crippen LogP contribution in [-0.4, -0.2) is 9.97 Å². The van der Waals surface area contributed by atoms with Gasteiger partial charge in [-0.1, -0.05) is 12.1 Å². The number of aromatic nitrogens is 2. The van der Waals surface area contributed by atoms with Gasteiger partial charge >= 0.3 is 0 Å². The van der Waals surface area contributed by atoms with Crippen LogP contribution in [-0.2, 0) is 6.54 Å². The molecule has 24 heavy (non-hydrogen) atoms. The third-order valence-electron chi connectivity index (χ3n) is 3.09. The summed E-state index contributed by atoms with van der Waals surface area (Å²) in [7, 11) is 0. The van der Waals surface area contributed by atoms with Gasteiger partial charge in [-0.05, 0) is 29.8 Å². The van der Waals surface area contributed by atoms with Gasteiger partial charge in [0.2, 0.25) is 5.88 Å². The number of hydrogen-bond donors (Lipinski definition) is 1. The largest absolute Gasteiger partial charge is 0.436 e. The topological polar surface area (TPSA) is 47.0 Å². The molecule has 1 N–H and O–H groups in total. The third kappa shape index (κ3) is 4.01. The highest BCUT2D eigenvalue weighted by Crippen LogP contribution is 2.23. The first-order valence-corrected chi connectivity index (χ1v) is 7.03. The molecule has 2 aromatic carbocycles. The first-order valence-electron chi connectivity index (χ1n) is 7.03. The predicted octanol–water partition coefficient (Wildman–Crippen LogP) is 4.30. The van der Waals surface area contributed by atoms with Crippen molar-refractivity contribution in [3.05, 3.63) is 77.9 Å². The average Bonchev–Trinajstić information content (AvgIpc) is 2.55. The fourth-order valence-electron chi connectivity index (χ4n) is 2.04. The van der Waals surface area contributed by atoms with Crippen LogP contribution in [0.1, 0.15) is 5.56 Å². The van der Waals surface area contributed by atoms with Crippen LogP contribution in [0.3, 0.4) is 0 Å². The van der Waals surface area contributed by atoms with Crippen LogP contribution in [0.4, 0.5) is 19.0 Å². The highest BCUT2D eigenvalue weighted by Gasteiger charge is 2.06. The molecule has 3 rings (SSSR count). The number of hydrogen-bond acceptors (Lipinski definition) is 4. The first-order chi connectivity index (χ1) is 11.6. The molecule has 0 aliphatic carbocycles. The van der Waals surface area contributed by atoms with Gasteiger partial charge in [0, 0.05) is 18.7 Å². The summed E-state index contributed by atoms with van der Waals surface area (Å²) in [5, 5.41) is 2.90. The van der Waals surface area contributed by atoms with E-state index in [4.69, 9.17) is 4.74 Å². The standard InChI is InChI=1S/C17H12F3N3O/c18-12-5-11(6-13(19)7-12)9-21-16-8-17(23-10-22-16)24-15-4-2-1-3-14(15)20/h1-8,10H,9H2,(H,21,22,23). The molecule has 0 atom stereocenters. The summed E-state index contributed by atoms with van der Waals surface area (Å²) in [5.74, 6) is -1.27. The first kappa shape index (κ1) is 15.8. The van der Waals surface area contributed by atoms with Gasteiger partial charge in [-0.2, -0.15) is 0 Å². The Morgan fingerprint density at radius 2 is 1.67 bits per heavy atom. The lowest BCUT2D eigenvalue weighted by atomic mass is 10.2. The number of halogens is 3. The zero-order valence-electron chi connectivity index (χ0n) is 12.3. The van der Waals surface area contributed by atoms with Crippen molar-refractivity contribution in [3.63, 3.8) is 0 Å². The normalized spacial score (nSPS) is 10.5. The van der Waals surface area contributed by atoms with Crippen molar-refractivity contribution in [3.8, 4) is 11.6 Å². The average molecular weight is 331 g/mol. The number of ether oxygens (including phenoxy) is 1. The Kier molecular flexibility index (Phi) is 4.60. The summed E-state index contributed by atoms with van der Waals surface area (Å²) in [5.41, 5.74) is 0.419. The molecule has 0 radical (unpaired) electrons. The molecule has 0 bridgehead atoms.